The van der Waals surface area contributed by atoms with E-state index in [0.717, 1.165) is 5.92 Å². The van der Waals surface area contributed by atoms with Crippen LogP contribution in [0.1, 0.15) is 64.7 Å². The Balaban J connectivity index is 2.20. The molecule has 24 heavy (non-hydrogen) atoms. The van der Waals surface area contributed by atoms with E-state index in [1.54, 1.807) is 0 Å². The van der Waals surface area contributed by atoms with Crippen molar-refractivity contribution >= 4 is 0 Å². The predicted molar refractivity (Wildman–Crippen MR) is 105 cm³/mol. The van der Waals surface area contributed by atoms with Crippen LogP contribution in [-0.4, -0.2) is 23.5 Å². The number of benzene rings is 1. The van der Waals surface area contributed by atoms with Crippen LogP contribution in [0.2, 0.25) is 0 Å². The molecule has 2 atom stereocenters. The van der Waals surface area contributed by atoms with E-state index in [0.29, 0.717) is 17.9 Å². The van der Waals surface area contributed by atoms with E-state index in [4.69, 9.17) is 5.73 Å². The van der Waals surface area contributed by atoms with Crippen LogP contribution in [-0.2, 0) is 13.0 Å². The van der Waals surface area contributed by atoms with Gasteiger partial charge in [-0.2, -0.15) is 0 Å². The van der Waals surface area contributed by atoms with Crippen molar-refractivity contribution in [3.05, 3.63) is 34.9 Å². The molecule has 0 radical (unpaired) electrons. The van der Waals surface area contributed by atoms with Crippen molar-refractivity contribution in [1.82, 2.24) is 4.90 Å². The van der Waals surface area contributed by atoms with Gasteiger partial charge in [-0.25, -0.2) is 0 Å². The molecule has 1 aliphatic heterocycles. The van der Waals surface area contributed by atoms with Crippen molar-refractivity contribution in [2.45, 2.75) is 73.4 Å². The van der Waals surface area contributed by atoms with Crippen molar-refractivity contribution in [3.63, 3.8) is 0 Å². The van der Waals surface area contributed by atoms with Crippen molar-refractivity contribution in [2.24, 2.45) is 23.0 Å². The molecule has 0 aliphatic carbocycles. The molecule has 0 bridgehead atoms. The van der Waals surface area contributed by atoms with Gasteiger partial charge < -0.3 is 5.73 Å². The summed E-state index contributed by atoms with van der Waals surface area (Å²) in [7, 11) is 0. The highest BCUT2D eigenvalue weighted by atomic mass is 15.2. The molecule has 1 heterocycles. The molecule has 1 fully saturated rings. The molecular formula is C22H38N2. The zero-order valence-electron chi connectivity index (χ0n) is 16.9. The lowest BCUT2D eigenvalue weighted by atomic mass is 9.69. The summed E-state index contributed by atoms with van der Waals surface area (Å²) in [5.41, 5.74) is 10.6. The van der Waals surface area contributed by atoms with Gasteiger partial charge in [0.15, 0.2) is 0 Å². The zero-order chi connectivity index (χ0) is 18.1. The summed E-state index contributed by atoms with van der Waals surface area (Å²) in [6, 6.07) is 6.89. The van der Waals surface area contributed by atoms with Crippen LogP contribution >= 0.6 is 0 Å². The van der Waals surface area contributed by atoms with Crippen LogP contribution in [0.15, 0.2) is 18.2 Å². The van der Waals surface area contributed by atoms with Crippen LogP contribution in [0, 0.1) is 24.2 Å². The fourth-order valence-corrected chi connectivity index (χ4v) is 4.34. The summed E-state index contributed by atoms with van der Waals surface area (Å²) >= 11 is 0. The first-order chi connectivity index (χ1) is 11.0. The number of nitrogens with zero attached hydrogens (tertiary/aromatic N) is 1. The number of hydrogen-bond donors (Lipinski definition) is 1. The van der Waals surface area contributed by atoms with E-state index in [2.05, 4.69) is 71.6 Å². The topological polar surface area (TPSA) is 29.3 Å². The molecule has 2 heteroatoms. The second-order valence-corrected chi connectivity index (χ2v) is 9.87. The van der Waals surface area contributed by atoms with Gasteiger partial charge in [0, 0.05) is 18.6 Å². The van der Waals surface area contributed by atoms with E-state index in [9.17, 15) is 0 Å². The van der Waals surface area contributed by atoms with Gasteiger partial charge in [-0.1, -0.05) is 44.5 Å². The maximum Gasteiger partial charge on any atom is 0.0178 e. The standard InChI is InChI=1S/C22H38N2/c1-16-10-17(12-18(11-16)14-23)13-20(21(2,3)4)19-8-9-24(15-19)22(5,6)7/h10-12,19-20H,8-9,13-15,23H2,1-7H3. The second-order valence-electron chi connectivity index (χ2n) is 9.87. The zero-order valence-corrected chi connectivity index (χ0v) is 16.9. The Bertz CT molecular complexity index is 548. The quantitative estimate of drug-likeness (QED) is 0.861. The molecule has 1 aromatic rings. The third-order valence-corrected chi connectivity index (χ3v) is 5.74. The summed E-state index contributed by atoms with van der Waals surface area (Å²) in [6.45, 7) is 19.6. The highest BCUT2D eigenvalue weighted by molar-refractivity contribution is 5.30. The van der Waals surface area contributed by atoms with Gasteiger partial charge in [0.25, 0.3) is 0 Å². The predicted octanol–water partition coefficient (Wildman–Crippen LogP) is 4.78. The smallest absolute Gasteiger partial charge is 0.0178 e. The maximum absolute atomic E-state index is 5.89. The Morgan fingerprint density at radius 1 is 1.08 bits per heavy atom. The van der Waals surface area contributed by atoms with Gasteiger partial charge in [0.1, 0.15) is 0 Å². The molecular weight excluding hydrogens is 292 g/mol. The number of aryl methyl sites for hydroxylation is 1. The highest BCUT2D eigenvalue weighted by Gasteiger charge is 2.38. The largest absolute Gasteiger partial charge is 0.326 e. The van der Waals surface area contributed by atoms with Crippen LogP contribution in [0.3, 0.4) is 0 Å². The minimum absolute atomic E-state index is 0.285. The minimum Gasteiger partial charge on any atom is -0.326 e. The van der Waals surface area contributed by atoms with Gasteiger partial charge in [0.05, 0.1) is 0 Å². The highest BCUT2D eigenvalue weighted by Crippen LogP contribution is 2.40. The molecule has 0 amide bonds. The summed E-state index contributed by atoms with van der Waals surface area (Å²) < 4.78 is 0. The van der Waals surface area contributed by atoms with Crippen LogP contribution in [0.4, 0.5) is 0 Å². The summed E-state index contributed by atoms with van der Waals surface area (Å²) in [5.74, 6) is 1.49. The summed E-state index contributed by atoms with van der Waals surface area (Å²) in [4.78, 5) is 2.66. The maximum atomic E-state index is 5.89. The molecule has 1 saturated heterocycles. The first-order valence-electron chi connectivity index (χ1n) is 9.55. The Hall–Kier alpha value is -0.860. The van der Waals surface area contributed by atoms with Crippen molar-refractivity contribution in [1.29, 1.82) is 0 Å². The van der Waals surface area contributed by atoms with Gasteiger partial charge in [0.2, 0.25) is 0 Å². The van der Waals surface area contributed by atoms with Crippen molar-refractivity contribution < 1.29 is 0 Å². The number of nitrogens with two attached hydrogens (primary N) is 1. The SMILES string of the molecule is Cc1cc(CN)cc(CC(C2CCN(C(C)(C)C)C2)C(C)(C)C)c1. The molecule has 1 aromatic carbocycles. The average Bonchev–Trinajstić information content (AvgIpc) is 2.92. The summed E-state index contributed by atoms with van der Waals surface area (Å²) in [6.07, 6.45) is 2.50. The van der Waals surface area contributed by atoms with E-state index in [1.165, 1.54) is 42.6 Å². The van der Waals surface area contributed by atoms with E-state index < -0.39 is 0 Å². The average molecular weight is 331 g/mol. The van der Waals surface area contributed by atoms with Gasteiger partial charge >= 0.3 is 0 Å². The Labute approximate surface area is 149 Å². The van der Waals surface area contributed by atoms with E-state index in [1.807, 2.05) is 0 Å². The molecule has 2 nitrogen and oxygen atoms in total. The second kappa shape index (κ2) is 7.17. The minimum atomic E-state index is 0.285. The lowest BCUT2D eigenvalue weighted by Gasteiger charge is -2.37. The first-order valence-corrected chi connectivity index (χ1v) is 9.55. The molecule has 2 unspecified atom stereocenters. The van der Waals surface area contributed by atoms with Crippen LogP contribution in [0.25, 0.3) is 0 Å². The molecule has 2 rings (SSSR count). The number of likely N-dealkylation sites (tertiary alicyclic amines) is 1. The first kappa shape index (κ1) is 19.5. The normalized spacial score (nSPS) is 21.2. The molecule has 2 N–H and O–H groups in total. The van der Waals surface area contributed by atoms with Crippen LogP contribution < -0.4 is 5.73 Å². The third-order valence-electron chi connectivity index (χ3n) is 5.74. The Morgan fingerprint density at radius 2 is 1.71 bits per heavy atom. The Kier molecular flexibility index (Phi) is 5.82. The third kappa shape index (κ3) is 4.83. The number of hydrogen-bond acceptors (Lipinski definition) is 2. The van der Waals surface area contributed by atoms with Crippen molar-refractivity contribution in [3.8, 4) is 0 Å². The lowest BCUT2D eigenvalue weighted by Crippen LogP contribution is -2.41. The summed E-state index contributed by atoms with van der Waals surface area (Å²) in [5, 5.41) is 0. The molecule has 0 saturated carbocycles. The fraction of sp³-hybridized carbons (Fsp3) is 0.727. The number of rotatable bonds is 4. The molecule has 0 spiro atoms. The van der Waals surface area contributed by atoms with Crippen molar-refractivity contribution in [2.75, 3.05) is 13.1 Å². The van der Waals surface area contributed by atoms with Gasteiger partial charge in [-0.15, -0.1) is 0 Å². The van der Waals surface area contributed by atoms with Crippen LogP contribution in [0.5, 0.6) is 0 Å². The van der Waals surface area contributed by atoms with Gasteiger partial charge in [-0.3, -0.25) is 4.90 Å². The Morgan fingerprint density at radius 3 is 2.21 bits per heavy atom. The van der Waals surface area contributed by atoms with E-state index >= 15 is 0 Å². The van der Waals surface area contributed by atoms with Gasteiger partial charge in [-0.05, 0) is 75.5 Å². The molecule has 136 valence electrons. The molecule has 0 aromatic heterocycles. The molecule has 1 aliphatic rings. The fourth-order valence-electron chi connectivity index (χ4n) is 4.34. The lowest BCUT2D eigenvalue weighted by molar-refractivity contribution is 0.126. The van der Waals surface area contributed by atoms with E-state index in [-0.39, 0.29) is 5.54 Å². The monoisotopic (exact) mass is 330 g/mol.